The van der Waals surface area contributed by atoms with Gasteiger partial charge in [0.25, 0.3) is 0 Å². The average molecular weight is 426 g/mol. The molecule has 8 heteroatoms. The summed E-state index contributed by atoms with van der Waals surface area (Å²) in [5.74, 6) is 0. The first-order chi connectivity index (χ1) is 9.15. The van der Waals surface area contributed by atoms with E-state index >= 15 is 0 Å². The highest BCUT2D eigenvalue weighted by Crippen LogP contribution is 2.29. The van der Waals surface area contributed by atoms with E-state index in [-0.39, 0.29) is 11.5 Å². The molecular weight excluding hydrogens is 412 g/mol. The lowest BCUT2D eigenvalue weighted by Gasteiger charge is -2.22. The van der Waals surface area contributed by atoms with Gasteiger partial charge < -0.3 is 4.74 Å². The van der Waals surface area contributed by atoms with Crippen molar-refractivity contribution in [2.75, 3.05) is 13.7 Å². The molecule has 110 valence electrons. The van der Waals surface area contributed by atoms with Crippen molar-refractivity contribution >= 4 is 41.9 Å². The first-order valence-electron chi connectivity index (χ1n) is 5.55. The fourth-order valence-electron chi connectivity index (χ4n) is 1.56. The Hall–Kier alpha value is -0.460. The third kappa shape index (κ3) is 4.02. The van der Waals surface area contributed by atoms with Crippen LogP contribution in [0.15, 0.2) is 26.0 Å². The summed E-state index contributed by atoms with van der Waals surface area (Å²) in [6.45, 7) is 3.27. The number of sulfonamides is 1. The van der Waals surface area contributed by atoms with Gasteiger partial charge in [-0.05, 0) is 47.5 Å². The van der Waals surface area contributed by atoms with Crippen molar-refractivity contribution in [3.8, 4) is 6.07 Å². The lowest BCUT2D eigenvalue weighted by atomic mass is 10.1. The van der Waals surface area contributed by atoms with Gasteiger partial charge in [0, 0.05) is 16.1 Å². The number of methoxy groups -OCH3 is 1. The molecule has 1 aromatic carbocycles. The second-order valence-electron chi connectivity index (χ2n) is 4.51. The van der Waals surface area contributed by atoms with Gasteiger partial charge in [-0.25, -0.2) is 8.42 Å². The van der Waals surface area contributed by atoms with Crippen molar-refractivity contribution in [3.63, 3.8) is 0 Å². The maximum atomic E-state index is 12.4. The summed E-state index contributed by atoms with van der Waals surface area (Å²) in [5.41, 5.74) is -0.430. The smallest absolute Gasteiger partial charge is 0.243 e. The molecule has 0 aliphatic rings. The zero-order valence-corrected chi connectivity index (χ0v) is 15.2. The molecule has 1 aromatic rings. The molecule has 0 aliphatic heterocycles. The van der Waals surface area contributed by atoms with Gasteiger partial charge in [-0.15, -0.1) is 0 Å². The molecule has 0 radical (unpaired) electrons. The van der Waals surface area contributed by atoms with Gasteiger partial charge in [-0.3, -0.25) is 0 Å². The maximum Gasteiger partial charge on any atom is 0.243 e. The molecule has 20 heavy (non-hydrogen) atoms. The van der Waals surface area contributed by atoms with Crippen LogP contribution in [0.3, 0.4) is 0 Å². The van der Waals surface area contributed by atoms with Gasteiger partial charge >= 0.3 is 0 Å². The minimum Gasteiger partial charge on any atom is -0.382 e. The quantitative estimate of drug-likeness (QED) is 0.786. The Balaban J connectivity index is 3.25. The molecule has 1 rings (SSSR count). The first kappa shape index (κ1) is 17.6. The van der Waals surface area contributed by atoms with E-state index < -0.39 is 15.6 Å². The zero-order chi connectivity index (χ0) is 15.6. The van der Waals surface area contributed by atoms with Gasteiger partial charge in [0.2, 0.25) is 10.0 Å². The van der Waals surface area contributed by atoms with Crippen LogP contribution in [0.2, 0.25) is 0 Å². The van der Waals surface area contributed by atoms with E-state index in [9.17, 15) is 8.42 Å². The molecule has 0 saturated carbocycles. The Kier molecular flexibility index (Phi) is 5.75. The highest BCUT2D eigenvalue weighted by atomic mass is 79.9. The Labute approximate surface area is 135 Å². The van der Waals surface area contributed by atoms with Crippen molar-refractivity contribution in [2.45, 2.75) is 24.3 Å². The van der Waals surface area contributed by atoms with Gasteiger partial charge in [0.1, 0.15) is 5.54 Å². The Morgan fingerprint density at radius 3 is 2.50 bits per heavy atom. The van der Waals surface area contributed by atoms with Crippen LogP contribution in [-0.4, -0.2) is 27.7 Å². The predicted octanol–water partition coefficient (Wildman–Crippen LogP) is 2.73. The number of aryl methyl sites for hydroxylation is 1. The van der Waals surface area contributed by atoms with Crippen LogP contribution in [0.5, 0.6) is 0 Å². The summed E-state index contributed by atoms with van der Waals surface area (Å²) in [4.78, 5) is 0.0625. The second kappa shape index (κ2) is 6.54. The van der Waals surface area contributed by atoms with Crippen LogP contribution in [0.25, 0.3) is 0 Å². The minimum absolute atomic E-state index is 0.0482. The van der Waals surface area contributed by atoms with E-state index in [1.54, 1.807) is 6.07 Å². The molecule has 0 unspecified atom stereocenters. The number of ether oxygens (including phenoxy) is 1. The molecule has 5 nitrogen and oxygen atoms in total. The van der Waals surface area contributed by atoms with Crippen LogP contribution in [-0.2, 0) is 14.8 Å². The molecule has 0 aromatic heterocycles. The van der Waals surface area contributed by atoms with Gasteiger partial charge in [0.05, 0.1) is 17.6 Å². The molecule has 0 saturated heterocycles. The summed E-state index contributed by atoms with van der Waals surface area (Å²) < 4.78 is 33.1. The fraction of sp³-hybridized carbons (Fsp3) is 0.417. The Morgan fingerprint density at radius 2 is 2.00 bits per heavy atom. The Bertz CT molecular complexity index is 655. The number of nitrogens with one attached hydrogen (secondary N) is 1. The standard InChI is InChI=1S/C12H14Br2N2O3S/c1-8-4-10(14)11(5-9(8)13)20(17,18)16-12(2,6-15)7-19-3/h4-5,16H,7H2,1-3H3/t12-/m1/s1. The van der Waals surface area contributed by atoms with Crippen LogP contribution >= 0.6 is 31.9 Å². The zero-order valence-electron chi connectivity index (χ0n) is 11.2. The van der Waals surface area contributed by atoms with E-state index in [1.807, 2.05) is 13.0 Å². The third-order valence-corrected chi connectivity index (χ3v) is 5.95. The predicted molar refractivity (Wildman–Crippen MR) is 82.8 cm³/mol. The van der Waals surface area contributed by atoms with Crippen LogP contribution in [0.1, 0.15) is 12.5 Å². The molecule has 0 amide bonds. The van der Waals surface area contributed by atoms with E-state index in [0.717, 1.165) is 5.56 Å². The number of nitrogens with zero attached hydrogens (tertiary/aromatic N) is 1. The van der Waals surface area contributed by atoms with E-state index in [4.69, 9.17) is 10.00 Å². The fourth-order valence-corrected chi connectivity index (χ4v) is 4.55. The van der Waals surface area contributed by atoms with Crippen LogP contribution in [0, 0.1) is 18.3 Å². The topological polar surface area (TPSA) is 79.2 Å². The second-order valence-corrected chi connectivity index (χ2v) is 7.87. The summed E-state index contributed by atoms with van der Waals surface area (Å²) in [6.07, 6.45) is 0. The van der Waals surface area contributed by atoms with Crippen molar-refractivity contribution in [1.82, 2.24) is 4.72 Å². The maximum absolute atomic E-state index is 12.4. The summed E-state index contributed by atoms with van der Waals surface area (Å²) in [5, 5.41) is 9.12. The van der Waals surface area contributed by atoms with Crippen molar-refractivity contribution in [2.24, 2.45) is 0 Å². The lowest BCUT2D eigenvalue weighted by Crippen LogP contribution is -2.48. The van der Waals surface area contributed by atoms with Crippen molar-refractivity contribution in [3.05, 3.63) is 26.6 Å². The molecule has 0 spiro atoms. The highest BCUT2D eigenvalue weighted by Gasteiger charge is 2.32. The monoisotopic (exact) mass is 424 g/mol. The SMILES string of the molecule is COC[C@@](C)(C#N)NS(=O)(=O)c1cc(Br)c(C)cc1Br. The van der Waals surface area contributed by atoms with Gasteiger partial charge in [0.15, 0.2) is 0 Å². The number of hydrogen-bond donors (Lipinski definition) is 1. The summed E-state index contributed by atoms with van der Waals surface area (Å²) >= 11 is 6.53. The molecule has 1 N–H and O–H groups in total. The van der Waals surface area contributed by atoms with Crippen LogP contribution in [0.4, 0.5) is 0 Å². The van der Waals surface area contributed by atoms with Crippen molar-refractivity contribution < 1.29 is 13.2 Å². The average Bonchev–Trinajstić information content (AvgIpc) is 2.33. The van der Waals surface area contributed by atoms with Gasteiger partial charge in [-0.2, -0.15) is 9.98 Å². The molecule has 1 atom stereocenters. The lowest BCUT2D eigenvalue weighted by molar-refractivity contribution is 0.156. The van der Waals surface area contributed by atoms with Crippen LogP contribution < -0.4 is 4.72 Å². The third-order valence-electron chi connectivity index (χ3n) is 2.54. The number of benzene rings is 1. The number of hydrogen-bond acceptors (Lipinski definition) is 4. The molecule has 0 bridgehead atoms. The highest BCUT2D eigenvalue weighted by molar-refractivity contribution is 9.11. The minimum atomic E-state index is -3.85. The number of nitriles is 1. The molecule has 0 fully saturated rings. The summed E-state index contributed by atoms with van der Waals surface area (Å²) in [7, 11) is -2.45. The van der Waals surface area contributed by atoms with E-state index in [0.29, 0.717) is 8.95 Å². The molecule has 0 heterocycles. The van der Waals surface area contributed by atoms with Crippen molar-refractivity contribution in [1.29, 1.82) is 5.26 Å². The normalized spacial score (nSPS) is 14.6. The molecular formula is C12H14Br2N2O3S. The largest absolute Gasteiger partial charge is 0.382 e. The van der Waals surface area contributed by atoms with E-state index in [2.05, 4.69) is 36.6 Å². The van der Waals surface area contributed by atoms with Gasteiger partial charge in [-0.1, -0.05) is 15.9 Å². The number of rotatable bonds is 5. The summed E-state index contributed by atoms with van der Waals surface area (Å²) in [6, 6.07) is 5.09. The first-order valence-corrected chi connectivity index (χ1v) is 8.62. The Morgan fingerprint density at radius 1 is 1.40 bits per heavy atom. The number of halogens is 2. The molecule has 0 aliphatic carbocycles. The van der Waals surface area contributed by atoms with E-state index in [1.165, 1.54) is 20.1 Å².